The first kappa shape index (κ1) is 18.6. The van der Waals surface area contributed by atoms with E-state index in [-0.39, 0.29) is 22.8 Å². The zero-order valence-corrected chi connectivity index (χ0v) is 13.4. The van der Waals surface area contributed by atoms with E-state index < -0.39 is 28.0 Å². The number of halogens is 3. The van der Waals surface area contributed by atoms with Gasteiger partial charge in [0.25, 0.3) is 0 Å². The van der Waals surface area contributed by atoms with E-state index in [2.05, 4.69) is 10.5 Å². The summed E-state index contributed by atoms with van der Waals surface area (Å²) in [4.78, 5) is 10.8. The summed E-state index contributed by atoms with van der Waals surface area (Å²) < 4.78 is 66.2. The van der Waals surface area contributed by atoms with E-state index >= 15 is 0 Å². The van der Waals surface area contributed by atoms with Gasteiger partial charge in [0.05, 0.1) is 0 Å². The van der Waals surface area contributed by atoms with E-state index in [1.165, 1.54) is 31.2 Å². The molecule has 1 aromatic heterocycles. The molecule has 0 aliphatic rings. The van der Waals surface area contributed by atoms with Gasteiger partial charge in [-0.05, 0) is 31.2 Å². The molecule has 8 nitrogen and oxygen atoms in total. The first-order chi connectivity index (χ1) is 11.5. The van der Waals surface area contributed by atoms with Gasteiger partial charge in [0, 0.05) is 11.3 Å². The fourth-order valence-corrected chi connectivity index (χ4v) is 2.94. The highest BCUT2D eigenvalue weighted by Crippen LogP contribution is 2.31. The molecule has 136 valence electrons. The molecule has 0 saturated heterocycles. The van der Waals surface area contributed by atoms with Gasteiger partial charge >= 0.3 is 12.3 Å². The fraction of sp³-hybridized carbons (Fsp3) is 0.231. The van der Waals surface area contributed by atoms with E-state index in [9.17, 15) is 26.4 Å². The highest BCUT2D eigenvalue weighted by molar-refractivity contribution is 7.92. The maximum atomic E-state index is 12.2. The van der Waals surface area contributed by atoms with Gasteiger partial charge in [-0.15, -0.1) is 0 Å². The van der Waals surface area contributed by atoms with Crippen molar-refractivity contribution in [2.45, 2.75) is 13.1 Å². The van der Waals surface area contributed by atoms with Crippen LogP contribution in [0, 0.1) is 6.92 Å². The molecule has 25 heavy (non-hydrogen) atoms. The van der Waals surface area contributed by atoms with E-state index in [0.717, 1.165) is 0 Å². The van der Waals surface area contributed by atoms with Gasteiger partial charge in [0.2, 0.25) is 10.0 Å². The smallest absolute Gasteiger partial charge is 0.409 e. The second kappa shape index (κ2) is 6.63. The van der Waals surface area contributed by atoms with Crippen molar-refractivity contribution in [1.29, 1.82) is 0 Å². The molecule has 0 aliphatic carbocycles. The Hall–Kier alpha value is -2.76. The topological polar surface area (TPSA) is 122 Å². The number of hydrogen-bond acceptors (Lipinski definition) is 5. The number of carbonyl (C=O) groups is 1. The molecule has 0 saturated carbocycles. The van der Waals surface area contributed by atoms with Crippen molar-refractivity contribution in [2.24, 2.45) is 0 Å². The van der Waals surface area contributed by atoms with Crippen molar-refractivity contribution in [3.05, 3.63) is 30.0 Å². The Morgan fingerprint density at radius 1 is 1.28 bits per heavy atom. The van der Waals surface area contributed by atoms with Crippen molar-refractivity contribution >= 4 is 27.5 Å². The highest BCUT2D eigenvalue weighted by atomic mass is 32.2. The lowest BCUT2D eigenvalue weighted by Crippen LogP contribution is -2.27. The summed E-state index contributed by atoms with van der Waals surface area (Å²) in [5.74, 6) is -1.92. The first-order valence-corrected chi connectivity index (χ1v) is 8.26. The Morgan fingerprint density at radius 3 is 2.40 bits per heavy atom. The molecule has 0 radical (unpaired) electrons. The number of aromatic nitrogens is 1. The monoisotopic (exact) mass is 379 g/mol. The van der Waals surface area contributed by atoms with E-state index in [0.29, 0.717) is 5.56 Å². The van der Waals surface area contributed by atoms with Crippen molar-refractivity contribution < 1.29 is 36.0 Å². The summed E-state index contributed by atoms with van der Waals surface area (Å²) in [5.41, 5.74) is 0.658. The van der Waals surface area contributed by atoms with Gasteiger partial charge in [0.1, 0.15) is 11.4 Å². The number of amides is 1. The second-order valence-electron chi connectivity index (χ2n) is 4.96. The van der Waals surface area contributed by atoms with Crippen LogP contribution in [0.4, 0.5) is 29.3 Å². The molecule has 2 rings (SSSR count). The lowest BCUT2D eigenvalue weighted by molar-refractivity contribution is -0.106. The molecule has 1 amide bonds. The normalized spacial score (nSPS) is 12.0. The van der Waals surface area contributed by atoms with E-state index in [4.69, 9.17) is 9.63 Å². The first-order valence-electron chi connectivity index (χ1n) is 6.61. The summed E-state index contributed by atoms with van der Waals surface area (Å²) in [7, 11) is -4.59. The average Bonchev–Trinajstić information content (AvgIpc) is 2.77. The number of sulfonamides is 1. The van der Waals surface area contributed by atoms with E-state index in [1.807, 2.05) is 0 Å². The Bertz CT molecular complexity index is 875. The number of benzene rings is 1. The van der Waals surface area contributed by atoms with Crippen molar-refractivity contribution in [1.82, 2.24) is 5.16 Å². The van der Waals surface area contributed by atoms with E-state index in [1.54, 1.807) is 4.72 Å². The van der Waals surface area contributed by atoms with Crippen molar-refractivity contribution in [3.63, 3.8) is 0 Å². The fourth-order valence-electron chi connectivity index (χ4n) is 1.94. The molecule has 0 aliphatic heterocycles. The third kappa shape index (κ3) is 5.11. The molecule has 0 spiro atoms. The Kier molecular flexibility index (Phi) is 4.92. The highest BCUT2D eigenvalue weighted by Gasteiger charge is 2.35. The Balaban J connectivity index is 2.23. The molecule has 3 N–H and O–H groups in total. The van der Waals surface area contributed by atoms with Crippen LogP contribution in [-0.2, 0) is 10.0 Å². The number of anilines is 2. The van der Waals surface area contributed by atoms with Crippen LogP contribution in [0.5, 0.6) is 0 Å². The predicted molar refractivity (Wildman–Crippen MR) is 81.8 cm³/mol. The second-order valence-corrected chi connectivity index (χ2v) is 6.68. The minimum Gasteiger partial charge on any atom is -0.465 e. The van der Waals surface area contributed by atoms with Gasteiger partial charge in [-0.1, -0.05) is 5.16 Å². The predicted octanol–water partition coefficient (Wildman–Crippen LogP) is 3.04. The molecular weight excluding hydrogens is 367 g/mol. The lowest BCUT2D eigenvalue weighted by atomic mass is 10.1. The van der Waals surface area contributed by atoms with Gasteiger partial charge in [-0.25, -0.2) is 13.2 Å². The Morgan fingerprint density at radius 2 is 1.88 bits per heavy atom. The maximum absolute atomic E-state index is 12.2. The minimum absolute atomic E-state index is 0.0861. The third-order valence-electron chi connectivity index (χ3n) is 2.87. The van der Waals surface area contributed by atoms with Crippen LogP contribution >= 0.6 is 0 Å². The standard InChI is InChI=1S/C13H12F3N3O5S/c1-7-10(17-12(20)21)11(24-18-7)8-2-4-9(5-3-8)19-25(22,23)6-13(14,15)16/h2-5,17,19H,6H2,1H3,(H,20,21). The van der Waals surface area contributed by atoms with Crippen LogP contribution < -0.4 is 10.0 Å². The zero-order valence-electron chi connectivity index (χ0n) is 12.6. The maximum Gasteiger partial charge on any atom is 0.409 e. The lowest BCUT2D eigenvalue weighted by Gasteiger charge is -2.10. The van der Waals surface area contributed by atoms with Crippen LogP contribution in [-0.4, -0.2) is 36.7 Å². The number of nitrogens with zero attached hydrogens (tertiary/aromatic N) is 1. The largest absolute Gasteiger partial charge is 0.465 e. The average molecular weight is 379 g/mol. The molecule has 1 heterocycles. The molecule has 2 aromatic rings. The van der Waals surface area contributed by atoms with Gasteiger partial charge in [0.15, 0.2) is 11.5 Å². The van der Waals surface area contributed by atoms with Crippen LogP contribution in [0.2, 0.25) is 0 Å². The quantitative estimate of drug-likeness (QED) is 0.734. The molecule has 0 unspecified atom stereocenters. The van der Waals surface area contributed by atoms with Gasteiger partial charge < -0.3 is 9.63 Å². The number of hydrogen-bond donors (Lipinski definition) is 3. The number of aryl methyl sites for hydroxylation is 1. The van der Waals surface area contributed by atoms with Crippen LogP contribution in [0.1, 0.15) is 5.69 Å². The van der Waals surface area contributed by atoms with Crippen LogP contribution in [0.25, 0.3) is 11.3 Å². The number of carboxylic acid groups (broad SMARTS) is 1. The molecule has 0 fully saturated rings. The number of rotatable bonds is 5. The summed E-state index contributed by atoms with van der Waals surface area (Å²) in [5, 5.41) is 14.5. The summed E-state index contributed by atoms with van der Waals surface area (Å²) >= 11 is 0. The van der Waals surface area contributed by atoms with Crippen LogP contribution in [0.3, 0.4) is 0 Å². The summed E-state index contributed by atoms with van der Waals surface area (Å²) in [6, 6.07) is 5.12. The minimum atomic E-state index is -4.86. The number of alkyl halides is 3. The molecule has 0 bridgehead atoms. The molecule has 12 heteroatoms. The Labute approximate surface area is 139 Å². The molecular formula is C13H12F3N3O5S. The summed E-state index contributed by atoms with van der Waals surface area (Å²) in [6.45, 7) is 1.51. The summed E-state index contributed by atoms with van der Waals surface area (Å²) in [6.07, 6.45) is -6.19. The van der Waals surface area contributed by atoms with Crippen molar-refractivity contribution in [3.8, 4) is 11.3 Å². The SMILES string of the molecule is Cc1noc(-c2ccc(NS(=O)(=O)CC(F)(F)F)cc2)c1NC(=O)O. The van der Waals surface area contributed by atoms with Crippen LogP contribution in [0.15, 0.2) is 28.8 Å². The number of nitrogens with one attached hydrogen (secondary N) is 2. The van der Waals surface area contributed by atoms with Gasteiger partial charge in [-0.2, -0.15) is 13.2 Å². The third-order valence-corrected chi connectivity index (χ3v) is 4.12. The van der Waals surface area contributed by atoms with Crippen molar-refractivity contribution in [2.75, 3.05) is 15.8 Å². The van der Waals surface area contributed by atoms with Gasteiger partial charge in [-0.3, -0.25) is 10.0 Å². The zero-order chi connectivity index (χ0) is 18.8. The molecule has 1 aromatic carbocycles. The molecule has 0 atom stereocenters.